The average molecular weight is 399 g/mol. The lowest BCUT2D eigenvalue weighted by Crippen LogP contribution is -2.56. The molecule has 2 aliphatic heterocycles. The number of para-hydroxylation sites is 2. The van der Waals surface area contributed by atoms with Gasteiger partial charge < -0.3 is 14.8 Å². The number of rotatable bonds is 6. The fourth-order valence-electron chi connectivity index (χ4n) is 3.29. The number of aliphatic imine (C=N–C) groups is 1. The van der Waals surface area contributed by atoms with Gasteiger partial charge in [0, 0.05) is 5.57 Å². The molecule has 1 aromatic carbocycles. The molecule has 1 aromatic rings. The Hall–Kier alpha value is -3.49. The molecule has 1 unspecified atom stereocenters. The van der Waals surface area contributed by atoms with E-state index in [4.69, 9.17) is 9.47 Å². The van der Waals surface area contributed by atoms with Crippen LogP contribution in [0.15, 0.2) is 40.6 Å². The van der Waals surface area contributed by atoms with Crippen molar-refractivity contribution in [2.24, 2.45) is 10.9 Å². The third-order valence-corrected chi connectivity index (χ3v) is 4.66. The van der Waals surface area contributed by atoms with Crippen molar-refractivity contribution >= 4 is 35.6 Å². The van der Waals surface area contributed by atoms with Gasteiger partial charge in [0.05, 0.1) is 26.5 Å². The van der Waals surface area contributed by atoms with Gasteiger partial charge in [0.2, 0.25) is 0 Å². The van der Waals surface area contributed by atoms with Gasteiger partial charge in [0.25, 0.3) is 11.7 Å². The number of methoxy groups -OCH3 is 1. The first-order valence-electron chi connectivity index (χ1n) is 9.15. The zero-order valence-corrected chi connectivity index (χ0v) is 16.8. The number of ether oxygens (including phenoxy) is 2. The Kier molecular flexibility index (Phi) is 5.76. The van der Waals surface area contributed by atoms with Gasteiger partial charge in [-0.1, -0.05) is 12.1 Å². The molecule has 152 valence electrons. The Morgan fingerprint density at radius 2 is 2.03 bits per heavy atom. The number of carbonyl (C=O) groups is 3. The molecule has 0 aromatic heterocycles. The van der Waals surface area contributed by atoms with Gasteiger partial charge >= 0.3 is 11.9 Å². The Morgan fingerprint density at radius 3 is 2.72 bits per heavy atom. The molecule has 9 heteroatoms. The molecule has 0 saturated heterocycles. The van der Waals surface area contributed by atoms with Crippen molar-refractivity contribution in [3.05, 3.63) is 35.6 Å². The Labute approximate surface area is 168 Å². The van der Waals surface area contributed by atoms with Crippen LogP contribution in [-0.2, 0) is 14.3 Å². The lowest BCUT2D eigenvalue weighted by atomic mass is 9.96. The summed E-state index contributed by atoms with van der Waals surface area (Å²) in [6.45, 7) is 3.60. The van der Waals surface area contributed by atoms with E-state index < -0.39 is 30.3 Å². The van der Waals surface area contributed by atoms with Crippen LogP contribution in [0, 0.1) is 5.92 Å². The highest BCUT2D eigenvalue weighted by atomic mass is 16.5. The molecule has 4 amide bonds. The zero-order chi connectivity index (χ0) is 21.1. The molecule has 0 saturated carbocycles. The van der Waals surface area contributed by atoms with Crippen LogP contribution in [-0.4, -0.2) is 66.7 Å². The summed E-state index contributed by atoms with van der Waals surface area (Å²) in [6.07, 6.45) is 1.55. The van der Waals surface area contributed by atoms with Crippen LogP contribution < -0.4 is 10.1 Å². The molecule has 0 fully saturated rings. The number of hydrogen-bond acceptors (Lipinski definition) is 6. The number of amides is 4. The largest absolute Gasteiger partial charge is 0.499 e. The first-order chi connectivity index (χ1) is 13.9. The van der Waals surface area contributed by atoms with E-state index >= 15 is 0 Å². The van der Waals surface area contributed by atoms with Crippen LogP contribution in [0.3, 0.4) is 0 Å². The second-order valence-electron chi connectivity index (χ2n) is 6.54. The zero-order valence-electron chi connectivity index (χ0n) is 16.8. The molecule has 0 bridgehead atoms. The standard InChI is InChI=1S/C20H22N4O5/c1-5-29-14-9-7-6-8-13(14)22-15(25)11-24-19(26)16-17(28-4)12(2)10-21-18(16)23(3)20(24)27/h6-10,16H,5,11H2,1-4H3/p+1. The molecular weight excluding hydrogens is 376 g/mol. The van der Waals surface area contributed by atoms with Gasteiger partial charge in [-0.3, -0.25) is 9.59 Å². The molecule has 9 nitrogen and oxygen atoms in total. The van der Waals surface area contributed by atoms with Crippen molar-refractivity contribution in [3.8, 4) is 5.75 Å². The smallest absolute Gasteiger partial charge is 0.446 e. The minimum atomic E-state index is -0.865. The van der Waals surface area contributed by atoms with E-state index in [-0.39, 0.29) is 5.84 Å². The van der Waals surface area contributed by atoms with Crippen molar-refractivity contribution in [2.45, 2.75) is 13.8 Å². The third kappa shape index (κ3) is 3.75. The summed E-state index contributed by atoms with van der Waals surface area (Å²) in [5.74, 6) is -0.739. The van der Waals surface area contributed by atoms with Gasteiger partial charge in [0.15, 0.2) is 12.5 Å². The fourth-order valence-corrected chi connectivity index (χ4v) is 3.29. The summed E-state index contributed by atoms with van der Waals surface area (Å²) in [6, 6.07) is 6.33. The number of fused-ring (bicyclic) bond motifs is 1. The maximum Gasteiger partial charge on any atom is 0.446 e. The van der Waals surface area contributed by atoms with Gasteiger partial charge in [-0.15, -0.1) is 4.99 Å². The number of nitrogens with zero attached hydrogens (tertiary/aromatic N) is 3. The van der Waals surface area contributed by atoms with Crippen molar-refractivity contribution in [3.63, 3.8) is 0 Å². The Bertz CT molecular complexity index is 963. The van der Waals surface area contributed by atoms with Crippen LogP contribution in [0.5, 0.6) is 5.75 Å². The van der Waals surface area contributed by atoms with E-state index in [0.29, 0.717) is 29.4 Å². The third-order valence-electron chi connectivity index (χ3n) is 4.66. The molecule has 29 heavy (non-hydrogen) atoms. The number of urea groups is 1. The van der Waals surface area contributed by atoms with Crippen molar-refractivity contribution in [1.29, 1.82) is 0 Å². The summed E-state index contributed by atoms with van der Waals surface area (Å²) < 4.78 is 12.1. The van der Waals surface area contributed by atoms with Crippen LogP contribution in [0.2, 0.25) is 0 Å². The first kappa shape index (κ1) is 20.2. The van der Waals surface area contributed by atoms with E-state index in [1.54, 1.807) is 37.4 Å². The molecule has 1 atom stereocenters. The monoisotopic (exact) mass is 399 g/mol. The Morgan fingerprint density at radius 1 is 1.31 bits per heavy atom. The summed E-state index contributed by atoms with van der Waals surface area (Å²) in [5.41, 5.74) is 1.15. The van der Waals surface area contributed by atoms with E-state index in [1.165, 1.54) is 18.7 Å². The van der Waals surface area contributed by atoms with Gasteiger partial charge in [-0.2, -0.15) is 9.48 Å². The molecular formula is C20H23N4O5+. The summed E-state index contributed by atoms with van der Waals surface area (Å²) in [4.78, 5) is 43.5. The number of nitrogens with one attached hydrogen (secondary N) is 1. The molecule has 0 aliphatic carbocycles. The molecule has 0 radical (unpaired) electrons. The molecule has 0 spiro atoms. The highest BCUT2D eigenvalue weighted by molar-refractivity contribution is 6.17. The van der Waals surface area contributed by atoms with Gasteiger partial charge in [-0.05, 0) is 26.0 Å². The van der Waals surface area contributed by atoms with Gasteiger partial charge in [0.1, 0.15) is 17.7 Å². The minimum absolute atomic E-state index is 0.279. The summed E-state index contributed by atoms with van der Waals surface area (Å²) in [5, 5.41) is 2.70. The van der Waals surface area contributed by atoms with Crippen LogP contribution in [0.25, 0.3) is 0 Å². The second-order valence-corrected chi connectivity index (χ2v) is 6.54. The Balaban J connectivity index is 1.84. The maximum atomic E-state index is 13.1. The van der Waals surface area contributed by atoms with Crippen molar-refractivity contribution in [2.75, 3.05) is 32.6 Å². The number of benzene rings is 1. The van der Waals surface area contributed by atoms with Crippen LogP contribution >= 0.6 is 0 Å². The fraction of sp³-hybridized carbons (Fsp3) is 0.350. The van der Waals surface area contributed by atoms with E-state index in [1.807, 2.05) is 6.92 Å². The van der Waals surface area contributed by atoms with Crippen LogP contribution in [0.1, 0.15) is 13.8 Å². The second kappa shape index (κ2) is 8.26. The maximum absolute atomic E-state index is 13.1. The minimum Gasteiger partial charge on any atom is -0.499 e. The molecule has 2 aliphatic rings. The topological polar surface area (TPSA) is 100 Å². The van der Waals surface area contributed by atoms with E-state index in [2.05, 4.69) is 10.3 Å². The van der Waals surface area contributed by atoms with Crippen molar-refractivity contribution < 1.29 is 28.4 Å². The SMILES string of the molecule is CCOc1ccccc1NC(=O)CN1C(=O)C2C(OC)=C(C)C=NC2=[N+](C)C1=O. The molecule has 3 rings (SSSR count). The number of imide groups is 1. The number of anilines is 1. The number of amidine groups is 1. The highest BCUT2D eigenvalue weighted by Gasteiger charge is 2.50. The lowest BCUT2D eigenvalue weighted by Gasteiger charge is -2.28. The quantitative estimate of drug-likeness (QED) is 0.733. The van der Waals surface area contributed by atoms with E-state index in [0.717, 1.165) is 4.90 Å². The summed E-state index contributed by atoms with van der Waals surface area (Å²) >= 11 is 0. The highest BCUT2D eigenvalue weighted by Crippen LogP contribution is 2.28. The predicted molar refractivity (Wildman–Crippen MR) is 106 cm³/mol. The number of hydrogen-bond donors (Lipinski definition) is 1. The van der Waals surface area contributed by atoms with Crippen molar-refractivity contribution in [1.82, 2.24) is 4.90 Å². The number of carbonyl (C=O) groups excluding carboxylic acids is 3. The van der Waals surface area contributed by atoms with Gasteiger partial charge in [-0.25, -0.2) is 4.79 Å². The first-order valence-corrected chi connectivity index (χ1v) is 9.15. The normalized spacial score (nSPS) is 18.8. The lowest BCUT2D eigenvalue weighted by molar-refractivity contribution is -0.408. The van der Waals surface area contributed by atoms with Crippen LogP contribution in [0.4, 0.5) is 10.5 Å². The predicted octanol–water partition coefficient (Wildman–Crippen LogP) is 1.65. The molecule has 1 N–H and O–H groups in total. The molecule has 2 heterocycles. The number of dihydropyridines is 1. The summed E-state index contributed by atoms with van der Waals surface area (Å²) in [7, 11) is 2.97. The number of allylic oxidation sites excluding steroid dienone is 1. The van der Waals surface area contributed by atoms with E-state index in [9.17, 15) is 14.4 Å². The average Bonchev–Trinajstić information content (AvgIpc) is 2.71.